The normalized spacial score (nSPS) is 26.5. The van der Waals surface area contributed by atoms with Gasteiger partial charge in [-0.05, 0) is 13.3 Å². The van der Waals surface area contributed by atoms with E-state index in [-0.39, 0.29) is 18.4 Å². The Labute approximate surface area is 72.4 Å². The second-order valence-electron chi connectivity index (χ2n) is 3.02. The summed E-state index contributed by atoms with van der Waals surface area (Å²) in [5, 5.41) is 0. The molecule has 12 heavy (non-hydrogen) atoms. The quantitative estimate of drug-likeness (QED) is 0.365. The number of ether oxygens (including phenoxy) is 2. The fraction of sp³-hybridized carbons (Fsp3) is 0.667. The molecule has 1 aliphatic heterocycles. The Morgan fingerprint density at radius 1 is 1.67 bits per heavy atom. The zero-order valence-electron chi connectivity index (χ0n) is 7.50. The smallest absolute Gasteiger partial charge is 0.335 e. The van der Waals surface area contributed by atoms with E-state index in [2.05, 4.69) is 13.5 Å². The molecule has 2 atom stereocenters. The Hall–Kier alpha value is -0.830. The van der Waals surface area contributed by atoms with E-state index in [0.29, 0.717) is 5.57 Å². The average Bonchev–Trinajstić information content (AvgIpc) is 2.68. The molecule has 1 fully saturated rings. The Bertz CT molecular complexity index is 198. The van der Waals surface area contributed by atoms with Crippen molar-refractivity contribution in [1.82, 2.24) is 0 Å². The molecule has 3 heteroatoms. The van der Waals surface area contributed by atoms with Crippen LogP contribution in [0.3, 0.4) is 0 Å². The summed E-state index contributed by atoms with van der Waals surface area (Å²) in [7, 11) is 0. The molecule has 2 unspecified atom stereocenters. The van der Waals surface area contributed by atoms with E-state index < -0.39 is 0 Å². The van der Waals surface area contributed by atoms with E-state index in [1.807, 2.05) is 0 Å². The highest BCUT2D eigenvalue weighted by molar-refractivity contribution is 5.87. The largest absolute Gasteiger partial charge is 0.429 e. The van der Waals surface area contributed by atoms with Gasteiger partial charge in [0, 0.05) is 5.57 Å². The fourth-order valence-electron chi connectivity index (χ4n) is 0.925. The third-order valence-electron chi connectivity index (χ3n) is 1.68. The van der Waals surface area contributed by atoms with Gasteiger partial charge >= 0.3 is 5.97 Å². The average molecular weight is 170 g/mol. The number of esters is 1. The van der Waals surface area contributed by atoms with E-state index >= 15 is 0 Å². The topological polar surface area (TPSA) is 38.8 Å². The van der Waals surface area contributed by atoms with Gasteiger partial charge in [-0.25, -0.2) is 4.79 Å². The van der Waals surface area contributed by atoms with Crippen molar-refractivity contribution < 1.29 is 14.3 Å². The van der Waals surface area contributed by atoms with Crippen molar-refractivity contribution in [3.8, 4) is 0 Å². The third kappa shape index (κ3) is 2.34. The van der Waals surface area contributed by atoms with Crippen LogP contribution < -0.4 is 0 Å². The molecule has 0 aromatic heterocycles. The molecule has 1 saturated heterocycles. The molecule has 3 nitrogen and oxygen atoms in total. The van der Waals surface area contributed by atoms with Crippen LogP contribution in [0, 0.1) is 0 Å². The Morgan fingerprint density at radius 2 is 2.33 bits per heavy atom. The predicted octanol–water partition coefficient (Wildman–Crippen LogP) is 1.63. The van der Waals surface area contributed by atoms with Crippen LogP contribution in [0.15, 0.2) is 12.2 Å². The molecular weight excluding hydrogens is 156 g/mol. The zero-order valence-corrected chi connectivity index (χ0v) is 7.50. The molecule has 0 spiro atoms. The summed E-state index contributed by atoms with van der Waals surface area (Å²) in [6.07, 6.45) is 1.81. The molecule has 68 valence electrons. The Balaban J connectivity index is 2.19. The monoisotopic (exact) mass is 170 g/mol. The lowest BCUT2D eigenvalue weighted by Crippen LogP contribution is -2.09. The first kappa shape index (κ1) is 9.26. The first-order chi connectivity index (χ1) is 5.65. The fourth-order valence-corrected chi connectivity index (χ4v) is 0.925. The van der Waals surface area contributed by atoms with Crippen LogP contribution in [0.4, 0.5) is 0 Å². The molecule has 0 aromatic rings. The molecule has 0 aromatic carbocycles. The van der Waals surface area contributed by atoms with Crippen LogP contribution in [0.1, 0.15) is 26.7 Å². The molecule has 1 heterocycles. The number of rotatable bonds is 4. The van der Waals surface area contributed by atoms with Crippen LogP contribution in [-0.2, 0) is 14.3 Å². The molecule has 0 radical (unpaired) electrons. The number of epoxide rings is 1. The number of carbonyl (C=O) groups is 1. The first-order valence-electron chi connectivity index (χ1n) is 4.17. The number of hydrogen-bond donors (Lipinski definition) is 0. The van der Waals surface area contributed by atoms with Gasteiger partial charge in [0.2, 0.25) is 6.29 Å². The lowest BCUT2D eigenvalue weighted by molar-refractivity contribution is -0.143. The highest BCUT2D eigenvalue weighted by Gasteiger charge is 2.41. The summed E-state index contributed by atoms with van der Waals surface area (Å²) in [5.41, 5.74) is 0.417. The first-order valence-corrected chi connectivity index (χ1v) is 4.17. The van der Waals surface area contributed by atoms with Crippen molar-refractivity contribution in [2.24, 2.45) is 0 Å². The standard InChI is InChI=1S/C9H14O3/c1-4-5-7-9(11-7)12-8(10)6(2)3/h7,9H,2,4-5H2,1,3H3. The van der Waals surface area contributed by atoms with Crippen molar-refractivity contribution >= 4 is 5.97 Å². The van der Waals surface area contributed by atoms with E-state index in [1.54, 1.807) is 6.92 Å². The minimum Gasteiger partial charge on any atom is -0.429 e. The maximum Gasteiger partial charge on any atom is 0.335 e. The van der Waals surface area contributed by atoms with E-state index in [4.69, 9.17) is 9.47 Å². The van der Waals surface area contributed by atoms with Gasteiger partial charge in [-0.2, -0.15) is 0 Å². The molecule has 0 N–H and O–H groups in total. The van der Waals surface area contributed by atoms with Crippen LogP contribution in [0.25, 0.3) is 0 Å². The molecular formula is C9H14O3. The minimum absolute atomic E-state index is 0.123. The molecule has 0 saturated carbocycles. The maximum absolute atomic E-state index is 10.9. The summed E-state index contributed by atoms with van der Waals surface area (Å²) >= 11 is 0. The van der Waals surface area contributed by atoms with E-state index in [9.17, 15) is 4.79 Å². The van der Waals surface area contributed by atoms with Crippen molar-refractivity contribution in [3.63, 3.8) is 0 Å². The molecule has 0 bridgehead atoms. The minimum atomic E-state index is -0.362. The van der Waals surface area contributed by atoms with Gasteiger partial charge in [-0.1, -0.05) is 19.9 Å². The highest BCUT2D eigenvalue weighted by atomic mass is 16.8. The summed E-state index contributed by atoms with van der Waals surface area (Å²) in [6, 6.07) is 0. The maximum atomic E-state index is 10.9. The van der Waals surface area contributed by atoms with Gasteiger partial charge in [0.1, 0.15) is 6.10 Å². The van der Waals surface area contributed by atoms with E-state index in [0.717, 1.165) is 12.8 Å². The van der Waals surface area contributed by atoms with Gasteiger partial charge < -0.3 is 9.47 Å². The predicted molar refractivity (Wildman–Crippen MR) is 44.5 cm³/mol. The summed E-state index contributed by atoms with van der Waals surface area (Å²) in [6.45, 7) is 7.17. The zero-order chi connectivity index (χ0) is 9.14. The van der Waals surface area contributed by atoms with Crippen LogP contribution >= 0.6 is 0 Å². The van der Waals surface area contributed by atoms with Gasteiger partial charge in [0.15, 0.2) is 0 Å². The highest BCUT2D eigenvalue weighted by Crippen LogP contribution is 2.27. The van der Waals surface area contributed by atoms with Crippen LogP contribution in [0.5, 0.6) is 0 Å². The second-order valence-corrected chi connectivity index (χ2v) is 3.02. The van der Waals surface area contributed by atoms with Crippen LogP contribution in [0.2, 0.25) is 0 Å². The summed E-state index contributed by atoms with van der Waals surface area (Å²) in [5.74, 6) is -0.362. The third-order valence-corrected chi connectivity index (χ3v) is 1.68. The van der Waals surface area contributed by atoms with Crippen molar-refractivity contribution in [1.29, 1.82) is 0 Å². The summed E-state index contributed by atoms with van der Waals surface area (Å²) in [4.78, 5) is 10.9. The van der Waals surface area contributed by atoms with Gasteiger partial charge in [-0.3, -0.25) is 0 Å². The van der Waals surface area contributed by atoms with Gasteiger partial charge in [0.25, 0.3) is 0 Å². The Kier molecular flexibility index (Phi) is 2.87. The molecule has 0 aliphatic carbocycles. The number of carbonyl (C=O) groups excluding carboxylic acids is 1. The van der Waals surface area contributed by atoms with Crippen molar-refractivity contribution in [3.05, 3.63) is 12.2 Å². The van der Waals surface area contributed by atoms with E-state index in [1.165, 1.54) is 0 Å². The lowest BCUT2D eigenvalue weighted by Gasteiger charge is -1.98. The molecule has 1 rings (SSSR count). The molecule has 1 aliphatic rings. The van der Waals surface area contributed by atoms with Crippen molar-refractivity contribution in [2.75, 3.05) is 0 Å². The van der Waals surface area contributed by atoms with Crippen LogP contribution in [-0.4, -0.2) is 18.4 Å². The van der Waals surface area contributed by atoms with Gasteiger partial charge in [-0.15, -0.1) is 0 Å². The Morgan fingerprint density at radius 3 is 2.83 bits per heavy atom. The SMILES string of the molecule is C=C(C)C(=O)OC1OC1CCC. The van der Waals surface area contributed by atoms with Crippen molar-refractivity contribution in [2.45, 2.75) is 39.1 Å². The summed E-state index contributed by atoms with van der Waals surface area (Å²) < 4.78 is 10.0. The number of hydrogen-bond acceptors (Lipinski definition) is 3. The molecule has 0 amide bonds. The van der Waals surface area contributed by atoms with Gasteiger partial charge in [0.05, 0.1) is 0 Å². The lowest BCUT2D eigenvalue weighted by atomic mass is 10.2. The second kappa shape index (κ2) is 3.72.